The summed E-state index contributed by atoms with van der Waals surface area (Å²) in [5, 5.41) is 2.60. The Morgan fingerprint density at radius 2 is 1.73 bits per heavy atom. The summed E-state index contributed by atoms with van der Waals surface area (Å²) in [5.41, 5.74) is 3.72. The first-order valence-electron chi connectivity index (χ1n) is 11.2. The van der Waals surface area contributed by atoms with E-state index < -0.39 is 16.1 Å². The van der Waals surface area contributed by atoms with Crippen molar-refractivity contribution in [1.29, 1.82) is 0 Å². The second-order valence-electron chi connectivity index (χ2n) is 8.26. The zero-order valence-electron chi connectivity index (χ0n) is 20.2. The van der Waals surface area contributed by atoms with Crippen LogP contribution in [0.4, 0.5) is 5.69 Å². The molecule has 2 aromatic carbocycles. The number of nitrogens with one attached hydrogen (secondary N) is 1. The van der Waals surface area contributed by atoms with E-state index in [1.165, 1.54) is 10.6 Å². The predicted octanol–water partition coefficient (Wildman–Crippen LogP) is 3.27. The molecule has 1 N–H and O–H groups in total. The molecule has 0 saturated carbocycles. The van der Waals surface area contributed by atoms with Gasteiger partial charge in [0, 0.05) is 26.6 Å². The molecule has 0 aliphatic carbocycles. The van der Waals surface area contributed by atoms with Gasteiger partial charge in [0.05, 0.1) is 11.9 Å². The van der Waals surface area contributed by atoms with Crippen molar-refractivity contribution in [3.8, 4) is 0 Å². The molecular formula is C25H35N3O4S. The molecule has 0 saturated heterocycles. The van der Waals surface area contributed by atoms with Gasteiger partial charge in [-0.05, 0) is 49.9 Å². The molecule has 0 heterocycles. The number of benzene rings is 2. The lowest BCUT2D eigenvalue weighted by Gasteiger charge is -2.29. The lowest BCUT2D eigenvalue weighted by molar-refractivity contribution is -0.140. The van der Waals surface area contributed by atoms with Crippen LogP contribution in [0.5, 0.6) is 0 Å². The van der Waals surface area contributed by atoms with Crippen molar-refractivity contribution < 1.29 is 18.0 Å². The number of hydrogen-bond donors (Lipinski definition) is 1. The minimum absolute atomic E-state index is 0.131. The smallest absolute Gasteiger partial charge is 0.242 e. The van der Waals surface area contributed by atoms with Crippen molar-refractivity contribution in [3.05, 3.63) is 65.2 Å². The lowest BCUT2D eigenvalue weighted by Crippen LogP contribution is -2.46. The number of rotatable bonds is 11. The third-order valence-corrected chi connectivity index (χ3v) is 6.83. The van der Waals surface area contributed by atoms with Crippen LogP contribution in [0.25, 0.3) is 0 Å². The van der Waals surface area contributed by atoms with Crippen LogP contribution < -0.4 is 9.62 Å². The number of carbonyl (C=O) groups is 2. The van der Waals surface area contributed by atoms with Crippen molar-refractivity contribution in [2.45, 2.75) is 52.6 Å². The molecule has 180 valence electrons. The topological polar surface area (TPSA) is 86.8 Å². The van der Waals surface area contributed by atoms with Gasteiger partial charge in [-0.15, -0.1) is 0 Å². The first-order valence-corrected chi connectivity index (χ1v) is 13.0. The zero-order valence-corrected chi connectivity index (χ0v) is 21.0. The molecule has 7 nitrogen and oxygen atoms in total. The number of likely N-dealkylation sites (N-methyl/N-ethyl adjacent to an activating group) is 1. The molecule has 1 atom stereocenters. The molecular weight excluding hydrogens is 438 g/mol. The van der Waals surface area contributed by atoms with Crippen molar-refractivity contribution in [3.63, 3.8) is 0 Å². The maximum absolute atomic E-state index is 13.1. The fourth-order valence-corrected chi connectivity index (χ4v) is 4.67. The van der Waals surface area contributed by atoms with Gasteiger partial charge in [0.1, 0.15) is 6.04 Å². The van der Waals surface area contributed by atoms with Crippen molar-refractivity contribution >= 4 is 27.5 Å². The maximum Gasteiger partial charge on any atom is 0.242 e. The normalized spacial score (nSPS) is 12.2. The van der Waals surface area contributed by atoms with Crippen LogP contribution in [0, 0.1) is 6.92 Å². The third kappa shape index (κ3) is 7.60. The molecule has 0 bridgehead atoms. The van der Waals surface area contributed by atoms with E-state index >= 15 is 0 Å². The summed E-state index contributed by atoms with van der Waals surface area (Å²) < 4.78 is 26.1. The largest absolute Gasteiger partial charge is 0.357 e. The first kappa shape index (κ1) is 26.4. The van der Waals surface area contributed by atoms with Gasteiger partial charge in [-0.25, -0.2) is 8.42 Å². The van der Waals surface area contributed by atoms with Gasteiger partial charge in [0.25, 0.3) is 0 Å². The van der Waals surface area contributed by atoms with Crippen LogP contribution in [0.15, 0.2) is 48.5 Å². The highest BCUT2D eigenvalue weighted by atomic mass is 32.2. The summed E-state index contributed by atoms with van der Waals surface area (Å²) in [4.78, 5) is 26.9. The van der Waals surface area contributed by atoms with E-state index in [4.69, 9.17) is 0 Å². The summed E-state index contributed by atoms with van der Waals surface area (Å²) >= 11 is 0. The Balaban J connectivity index is 2.13. The van der Waals surface area contributed by atoms with Gasteiger partial charge in [-0.1, -0.05) is 48.9 Å². The SMILES string of the molecule is CCc1ccc(N(CCCC(=O)N(Cc2cccc(C)c2)C(C)C(=O)NC)S(C)(=O)=O)cc1. The van der Waals surface area contributed by atoms with Gasteiger partial charge in [0.15, 0.2) is 0 Å². The highest BCUT2D eigenvalue weighted by Crippen LogP contribution is 2.20. The van der Waals surface area contributed by atoms with E-state index in [2.05, 4.69) is 5.32 Å². The molecule has 0 radical (unpaired) electrons. The van der Waals surface area contributed by atoms with E-state index in [0.29, 0.717) is 18.7 Å². The molecule has 2 rings (SSSR count). The average molecular weight is 474 g/mol. The number of anilines is 1. The van der Waals surface area contributed by atoms with Crippen LogP contribution in [0.2, 0.25) is 0 Å². The summed E-state index contributed by atoms with van der Waals surface area (Å²) in [7, 11) is -1.95. The van der Waals surface area contributed by atoms with Gasteiger partial charge in [-0.2, -0.15) is 0 Å². The number of nitrogens with zero attached hydrogens (tertiary/aromatic N) is 2. The predicted molar refractivity (Wildman–Crippen MR) is 133 cm³/mol. The van der Waals surface area contributed by atoms with Crippen LogP contribution in [0.1, 0.15) is 43.4 Å². The highest BCUT2D eigenvalue weighted by molar-refractivity contribution is 7.92. The van der Waals surface area contributed by atoms with Crippen LogP contribution in [0.3, 0.4) is 0 Å². The zero-order chi connectivity index (χ0) is 24.6. The Hall–Kier alpha value is -2.87. The third-order valence-electron chi connectivity index (χ3n) is 5.63. The summed E-state index contributed by atoms with van der Waals surface area (Å²) in [6.07, 6.45) is 2.51. The summed E-state index contributed by atoms with van der Waals surface area (Å²) in [6.45, 7) is 6.21. The average Bonchev–Trinajstić information content (AvgIpc) is 2.78. The Kier molecular flexibility index (Phi) is 9.46. The molecule has 2 aromatic rings. The molecule has 8 heteroatoms. The minimum Gasteiger partial charge on any atom is -0.357 e. The van der Waals surface area contributed by atoms with Crippen LogP contribution in [-0.4, -0.2) is 51.0 Å². The Morgan fingerprint density at radius 1 is 1.06 bits per heavy atom. The summed E-state index contributed by atoms with van der Waals surface area (Å²) in [5.74, 6) is -0.438. The molecule has 0 aromatic heterocycles. The quantitative estimate of drug-likeness (QED) is 0.543. The van der Waals surface area contributed by atoms with Crippen molar-refractivity contribution in [1.82, 2.24) is 10.2 Å². The standard InChI is InChI=1S/C25H35N3O4S/c1-6-21-12-14-23(15-13-21)28(33(5,31)32)16-8-11-24(29)27(20(3)25(30)26-4)18-22-10-7-9-19(2)17-22/h7,9-10,12-15,17,20H,6,8,11,16,18H2,1-5H3,(H,26,30). The van der Waals surface area contributed by atoms with E-state index in [1.807, 2.05) is 50.2 Å². The second-order valence-corrected chi connectivity index (χ2v) is 10.2. The van der Waals surface area contributed by atoms with Gasteiger partial charge in [0.2, 0.25) is 21.8 Å². The number of aryl methyl sites for hydroxylation is 2. The van der Waals surface area contributed by atoms with E-state index in [-0.39, 0.29) is 24.8 Å². The molecule has 1 unspecified atom stereocenters. The van der Waals surface area contributed by atoms with E-state index in [0.717, 1.165) is 23.1 Å². The molecule has 0 fully saturated rings. The lowest BCUT2D eigenvalue weighted by atomic mass is 10.1. The van der Waals surface area contributed by atoms with Crippen LogP contribution >= 0.6 is 0 Å². The molecule has 0 aliphatic heterocycles. The van der Waals surface area contributed by atoms with Gasteiger partial charge in [-0.3, -0.25) is 13.9 Å². The van der Waals surface area contributed by atoms with E-state index in [1.54, 1.807) is 31.0 Å². The molecule has 33 heavy (non-hydrogen) atoms. The Labute approximate surface area is 197 Å². The van der Waals surface area contributed by atoms with Gasteiger partial charge < -0.3 is 10.2 Å². The highest BCUT2D eigenvalue weighted by Gasteiger charge is 2.26. The maximum atomic E-state index is 13.1. The fraction of sp³-hybridized carbons (Fsp3) is 0.440. The van der Waals surface area contributed by atoms with Crippen LogP contribution in [-0.2, 0) is 32.6 Å². The number of hydrogen-bond acceptors (Lipinski definition) is 4. The summed E-state index contributed by atoms with van der Waals surface area (Å²) in [6, 6.07) is 14.6. The number of amides is 2. The van der Waals surface area contributed by atoms with Crippen molar-refractivity contribution in [2.75, 3.05) is 24.2 Å². The second kappa shape index (κ2) is 11.8. The first-order chi connectivity index (χ1) is 15.6. The minimum atomic E-state index is -3.50. The molecule has 0 spiro atoms. The van der Waals surface area contributed by atoms with E-state index in [9.17, 15) is 18.0 Å². The number of sulfonamides is 1. The Morgan fingerprint density at radius 3 is 2.27 bits per heavy atom. The molecule has 0 aliphatic rings. The fourth-order valence-electron chi connectivity index (χ4n) is 3.70. The van der Waals surface area contributed by atoms with Crippen molar-refractivity contribution in [2.24, 2.45) is 0 Å². The monoisotopic (exact) mass is 473 g/mol. The number of carbonyl (C=O) groups excluding carboxylic acids is 2. The molecule has 2 amide bonds. The van der Waals surface area contributed by atoms with Gasteiger partial charge >= 0.3 is 0 Å². The Bertz CT molecular complexity index is 1050.